The lowest BCUT2D eigenvalue weighted by Gasteiger charge is -2.21. The highest BCUT2D eigenvalue weighted by atomic mass is 32.2. The number of aryl methyl sites for hydroxylation is 1. The van der Waals surface area contributed by atoms with Crippen molar-refractivity contribution in [1.29, 1.82) is 0 Å². The summed E-state index contributed by atoms with van der Waals surface area (Å²) < 4.78 is 44.6. The van der Waals surface area contributed by atoms with Crippen molar-refractivity contribution >= 4 is 33.0 Å². The predicted molar refractivity (Wildman–Crippen MR) is 109 cm³/mol. The molecule has 2 N–H and O–H groups in total. The van der Waals surface area contributed by atoms with Crippen LogP contribution in [0.2, 0.25) is 0 Å². The largest absolute Gasteiger partial charge is 0.351 e. The van der Waals surface area contributed by atoms with Gasteiger partial charge in [-0.2, -0.15) is 12.7 Å². The number of hydrogen-bond acceptors (Lipinski definition) is 4. The zero-order valence-electron chi connectivity index (χ0n) is 16.0. The second kappa shape index (κ2) is 7.40. The van der Waals surface area contributed by atoms with Crippen molar-refractivity contribution < 1.29 is 12.8 Å². The van der Waals surface area contributed by atoms with Crippen LogP contribution in [-0.4, -0.2) is 30.4 Å². The van der Waals surface area contributed by atoms with Gasteiger partial charge in [0.1, 0.15) is 5.82 Å². The first-order valence-corrected chi connectivity index (χ1v) is 10.2. The van der Waals surface area contributed by atoms with Gasteiger partial charge in [0, 0.05) is 31.0 Å². The first-order chi connectivity index (χ1) is 13.1. The Balaban J connectivity index is 2.04. The number of nitrogens with one attached hydrogen (secondary N) is 2. The van der Waals surface area contributed by atoms with Crippen LogP contribution < -0.4 is 15.6 Å². The van der Waals surface area contributed by atoms with Crippen LogP contribution in [0.5, 0.6) is 0 Å². The molecule has 2 aromatic rings. The average molecular weight is 406 g/mol. The molecule has 0 bridgehead atoms. The van der Waals surface area contributed by atoms with E-state index in [9.17, 15) is 17.6 Å². The predicted octanol–water partition coefficient (Wildman–Crippen LogP) is 3.28. The van der Waals surface area contributed by atoms with Crippen molar-refractivity contribution in [3.05, 3.63) is 58.8 Å². The first-order valence-electron chi connectivity index (χ1n) is 8.80. The molecule has 0 amide bonds. The van der Waals surface area contributed by atoms with Crippen molar-refractivity contribution in [3.8, 4) is 0 Å². The zero-order valence-corrected chi connectivity index (χ0v) is 16.8. The molecule has 0 radical (unpaired) electrons. The van der Waals surface area contributed by atoms with Crippen LogP contribution in [0, 0.1) is 12.7 Å². The Morgan fingerprint density at radius 1 is 1.25 bits per heavy atom. The Bertz CT molecular complexity index is 1090. The number of halogens is 1. The summed E-state index contributed by atoms with van der Waals surface area (Å²) in [5.41, 5.74) is 1.16. The number of rotatable bonds is 7. The van der Waals surface area contributed by atoms with E-state index in [0.29, 0.717) is 5.70 Å². The molecule has 1 aromatic heterocycles. The molecule has 0 atom stereocenters. The van der Waals surface area contributed by atoms with Gasteiger partial charge in [0.25, 0.3) is 5.56 Å². The number of pyridine rings is 1. The summed E-state index contributed by atoms with van der Waals surface area (Å²) in [4.78, 5) is 12.4. The Kier molecular flexibility index (Phi) is 5.31. The van der Waals surface area contributed by atoms with Gasteiger partial charge in [-0.3, -0.25) is 14.1 Å². The Morgan fingerprint density at radius 3 is 2.50 bits per heavy atom. The van der Waals surface area contributed by atoms with Gasteiger partial charge >= 0.3 is 10.2 Å². The van der Waals surface area contributed by atoms with E-state index in [2.05, 4.69) is 16.6 Å². The van der Waals surface area contributed by atoms with E-state index in [-0.39, 0.29) is 23.1 Å². The van der Waals surface area contributed by atoms with Crippen molar-refractivity contribution in [2.24, 2.45) is 0 Å². The van der Waals surface area contributed by atoms with E-state index in [4.69, 9.17) is 0 Å². The summed E-state index contributed by atoms with van der Waals surface area (Å²) in [6.45, 7) is 7.12. The van der Waals surface area contributed by atoms with Crippen LogP contribution in [0.3, 0.4) is 0 Å². The van der Waals surface area contributed by atoms with Crippen LogP contribution in [0.4, 0.5) is 21.5 Å². The number of anilines is 3. The fraction of sp³-hybridized carbons (Fsp3) is 0.316. The quantitative estimate of drug-likeness (QED) is 0.739. The summed E-state index contributed by atoms with van der Waals surface area (Å²) in [5.74, 6) is -0.506. The molecule has 1 fully saturated rings. The molecule has 9 heteroatoms. The molecule has 1 aliphatic rings. The summed E-state index contributed by atoms with van der Waals surface area (Å²) in [7, 11) is -2.33. The van der Waals surface area contributed by atoms with Crippen molar-refractivity contribution in [1.82, 2.24) is 8.87 Å². The fourth-order valence-corrected chi connectivity index (χ4v) is 3.92. The van der Waals surface area contributed by atoms with E-state index < -0.39 is 21.6 Å². The average Bonchev–Trinajstić information content (AvgIpc) is 3.43. The summed E-state index contributed by atoms with van der Waals surface area (Å²) in [6, 6.07) is 5.77. The molecule has 1 aliphatic carbocycles. The maximum absolute atomic E-state index is 14.2. The van der Waals surface area contributed by atoms with Crippen LogP contribution in [-0.2, 0) is 10.2 Å². The lowest BCUT2D eigenvalue weighted by Crippen LogP contribution is -2.34. The van der Waals surface area contributed by atoms with E-state index in [1.807, 2.05) is 0 Å². The first kappa shape index (κ1) is 20.1. The van der Waals surface area contributed by atoms with Gasteiger partial charge in [-0.15, -0.1) is 0 Å². The van der Waals surface area contributed by atoms with E-state index in [1.54, 1.807) is 19.9 Å². The monoisotopic (exact) mass is 406 g/mol. The molecule has 1 heterocycles. The molecule has 0 saturated heterocycles. The van der Waals surface area contributed by atoms with E-state index in [0.717, 1.165) is 18.4 Å². The molecule has 0 aliphatic heterocycles. The molecule has 3 rings (SSSR count). The van der Waals surface area contributed by atoms with E-state index >= 15 is 0 Å². The highest BCUT2D eigenvalue weighted by Gasteiger charge is 2.34. The lowest BCUT2D eigenvalue weighted by atomic mass is 10.2. The molecule has 0 spiro atoms. The Hall–Kier alpha value is -2.65. The van der Waals surface area contributed by atoms with Gasteiger partial charge in [-0.25, -0.2) is 4.39 Å². The summed E-state index contributed by atoms with van der Waals surface area (Å²) in [5, 5.41) is 2.82. The third-order valence-electron chi connectivity index (χ3n) is 4.54. The normalized spacial score (nSPS) is 14.2. The fourth-order valence-electron chi connectivity index (χ4n) is 2.73. The minimum atomic E-state index is -3.83. The second-order valence-corrected chi connectivity index (χ2v) is 8.74. The molecular formula is C19H23FN4O3S. The molecule has 0 unspecified atom stereocenters. The molecule has 1 saturated carbocycles. The minimum absolute atomic E-state index is 0.0319. The van der Waals surface area contributed by atoms with Crippen molar-refractivity contribution in [2.45, 2.75) is 32.7 Å². The molecule has 1 aromatic carbocycles. The van der Waals surface area contributed by atoms with Gasteiger partial charge < -0.3 is 5.32 Å². The van der Waals surface area contributed by atoms with Gasteiger partial charge in [-0.05, 0) is 44.4 Å². The van der Waals surface area contributed by atoms with Crippen LogP contribution >= 0.6 is 0 Å². The second-order valence-electron chi connectivity index (χ2n) is 7.01. The highest BCUT2D eigenvalue weighted by molar-refractivity contribution is 7.90. The number of allylic oxidation sites excluding steroid dienone is 1. The number of hydrogen-bond donors (Lipinski definition) is 2. The number of aromatic nitrogens is 1. The van der Waals surface area contributed by atoms with Gasteiger partial charge in [0.15, 0.2) is 0 Å². The third kappa shape index (κ3) is 4.26. The van der Waals surface area contributed by atoms with E-state index in [1.165, 1.54) is 40.3 Å². The maximum Gasteiger partial charge on any atom is 0.301 e. The smallest absolute Gasteiger partial charge is 0.301 e. The molecule has 7 nitrogen and oxygen atoms in total. The Labute approximate surface area is 163 Å². The summed E-state index contributed by atoms with van der Waals surface area (Å²) >= 11 is 0. The Morgan fingerprint density at radius 2 is 1.93 bits per heavy atom. The minimum Gasteiger partial charge on any atom is -0.351 e. The summed E-state index contributed by atoms with van der Waals surface area (Å²) in [6.07, 6.45) is 2.96. The zero-order chi connectivity index (χ0) is 20.6. The maximum atomic E-state index is 14.2. The van der Waals surface area contributed by atoms with Crippen LogP contribution in [0.25, 0.3) is 5.70 Å². The topological polar surface area (TPSA) is 83.4 Å². The van der Waals surface area contributed by atoms with Crippen LogP contribution in [0.15, 0.2) is 41.8 Å². The SMILES string of the molecule is C=C(C)n1cc(NS(=O)(=O)N(C)C2CC2)c(Nc2ccc(C)cc2F)cc1=O. The van der Waals surface area contributed by atoms with Crippen molar-refractivity contribution in [2.75, 3.05) is 17.1 Å². The van der Waals surface area contributed by atoms with Crippen molar-refractivity contribution in [3.63, 3.8) is 0 Å². The third-order valence-corrected chi connectivity index (χ3v) is 6.07. The van der Waals surface area contributed by atoms with Gasteiger partial charge in [0.2, 0.25) is 0 Å². The molecular weight excluding hydrogens is 383 g/mol. The highest BCUT2D eigenvalue weighted by Crippen LogP contribution is 2.31. The van der Waals surface area contributed by atoms with Gasteiger partial charge in [0.05, 0.1) is 17.1 Å². The van der Waals surface area contributed by atoms with Crippen LogP contribution in [0.1, 0.15) is 25.3 Å². The molecule has 150 valence electrons. The molecule has 28 heavy (non-hydrogen) atoms. The standard InChI is InChI=1S/C19H23FN4O3S/c1-12(2)24-11-18(22-28(26,27)23(4)14-6-7-14)17(10-19(24)25)21-16-8-5-13(3)9-15(16)20/h5,8-11,14,21-22H,1,6-7H2,2-4H3. The number of nitrogens with zero attached hydrogens (tertiary/aromatic N) is 2. The number of benzene rings is 1. The lowest BCUT2D eigenvalue weighted by molar-refractivity contribution is 0.469. The van der Waals surface area contributed by atoms with Gasteiger partial charge in [-0.1, -0.05) is 12.6 Å².